The van der Waals surface area contributed by atoms with E-state index in [2.05, 4.69) is 5.32 Å². The minimum Gasteiger partial charge on any atom is -0.480 e. The van der Waals surface area contributed by atoms with Crippen LogP contribution in [0.2, 0.25) is 0 Å². The van der Waals surface area contributed by atoms with Gasteiger partial charge in [-0.15, -0.1) is 0 Å². The third-order valence-corrected chi connectivity index (χ3v) is 1.71. The van der Waals surface area contributed by atoms with Crippen LogP contribution in [0.1, 0.15) is 5.76 Å². The fourth-order valence-corrected chi connectivity index (χ4v) is 0.986. The molecule has 0 radical (unpaired) electrons. The van der Waals surface area contributed by atoms with Gasteiger partial charge in [0.15, 0.2) is 0 Å². The Morgan fingerprint density at radius 2 is 2.33 bits per heavy atom. The van der Waals surface area contributed by atoms with Crippen molar-refractivity contribution in [2.75, 3.05) is 13.6 Å². The first-order valence-electron chi connectivity index (χ1n) is 4.32. The van der Waals surface area contributed by atoms with Crippen molar-refractivity contribution in [3.05, 3.63) is 24.2 Å². The minimum absolute atomic E-state index is 0.246. The van der Waals surface area contributed by atoms with Crippen molar-refractivity contribution in [2.24, 2.45) is 0 Å². The highest BCUT2D eigenvalue weighted by atomic mass is 16.4. The second-order valence-electron chi connectivity index (χ2n) is 2.99. The van der Waals surface area contributed by atoms with Gasteiger partial charge in [0.2, 0.25) is 0 Å². The lowest BCUT2D eigenvalue weighted by atomic mass is 10.4. The largest absolute Gasteiger partial charge is 0.480 e. The zero-order valence-electron chi connectivity index (χ0n) is 8.27. The molecule has 0 unspecified atom stereocenters. The third-order valence-electron chi connectivity index (χ3n) is 1.71. The molecule has 1 heterocycles. The maximum atomic E-state index is 11.3. The van der Waals surface area contributed by atoms with E-state index in [-0.39, 0.29) is 13.1 Å². The quantitative estimate of drug-likeness (QED) is 0.761. The molecule has 0 fully saturated rings. The number of rotatable bonds is 4. The van der Waals surface area contributed by atoms with E-state index in [4.69, 9.17) is 9.52 Å². The highest BCUT2D eigenvalue weighted by Gasteiger charge is 2.11. The zero-order chi connectivity index (χ0) is 11.3. The molecule has 6 nitrogen and oxygen atoms in total. The number of hydrogen-bond donors (Lipinski definition) is 2. The molecule has 0 bridgehead atoms. The van der Waals surface area contributed by atoms with Crippen molar-refractivity contribution < 1.29 is 19.1 Å². The van der Waals surface area contributed by atoms with Crippen molar-refractivity contribution in [3.63, 3.8) is 0 Å². The van der Waals surface area contributed by atoms with Crippen molar-refractivity contribution in [3.8, 4) is 0 Å². The van der Waals surface area contributed by atoms with Gasteiger partial charge in [0.05, 0.1) is 12.8 Å². The van der Waals surface area contributed by atoms with Gasteiger partial charge < -0.3 is 19.7 Å². The van der Waals surface area contributed by atoms with Crippen LogP contribution in [-0.2, 0) is 11.3 Å². The number of aliphatic carboxylic acids is 1. The summed E-state index contributed by atoms with van der Waals surface area (Å²) < 4.78 is 5.00. The van der Waals surface area contributed by atoms with E-state index >= 15 is 0 Å². The van der Waals surface area contributed by atoms with E-state index < -0.39 is 12.0 Å². The smallest absolute Gasteiger partial charge is 0.323 e. The molecule has 0 saturated heterocycles. The number of carboxylic acid groups (broad SMARTS) is 1. The van der Waals surface area contributed by atoms with Crippen LogP contribution < -0.4 is 5.32 Å². The van der Waals surface area contributed by atoms with Gasteiger partial charge in [-0.05, 0) is 12.1 Å². The van der Waals surface area contributed by atoms with Gasteiger partial charge >= 0.3 is 12.0 Å². The lowest BCUT2D eigenvalue weighted by Crippen LogP contribution is -2.39. The summed E-state index contributed by atoms with van der Waals surface area (Å²) in [7, 11) is 1.41. The Kier molecular flexibility index (Phi) is 3.73. The number of furan rings is 1. The Labute approximate surface area is 86.5 Å². The third kappa shape index (κ3) is 3.72. The normalized spacial score (nSPS) is 9.67. The lowest BCUT2D eigenvalue weighted by molar-refractivity contribution is -0.137. The van der Waals surface area contributed by atoms with Gasteiger partial charge in [0.1, 0.15) is 12.3 Å². The summed E-state index contributed by atoms with van der Waals surface area (Å²) in [6.45, 7) is -0.0836. The molecule has 0 atom stereocenters. The van der Waals surface area contributed by atoms with E-state index in [1.54, 1.807) is 12.1 Å². The monoisotopic (exact) mass is 212 g/mol. The summed E-state index contributed by atoms with van der Waals surface area (Å²) in [5, 5.41) is 11.0. The maximum absolute atomic E-state index is 11.3. The maximum Gasteiger partial charge on any atom is 0.323 e. The predicted octanol–water partition coefficient (Wildman–Crippen LogP) is 0.506. The van der Waals surface area contributed by atoms with Crippen LogP contribution in [0.4, 0.5) is 4.79 Å². The van der Waals surface area contributed by atoms with Crippen LogP contribution in [0.5, 0.6) is 0 Å². The average Bonchev–Trinajstić information content (AvgIpc) is 2.65. The Hall–Kier alpha value is -1.98. The van der Waals surface area contributed by atoms with Crippen molar-refractivity contribution in [1.29, 1.82) is 0 Å². The van der Waals surface area contributed by atoms with Gasteiger partial charge in [0, 0.05) is 7.05 Å². The molecule has 1 aromatic rings. The van der Waals surface area contributed by atoms with E-state index in [1.807, 2.05) is 0 Å². The Balaban J connectivity index is 2.32. The summed E-state index contributed by atoms with van der Waals surface area (Å²) in [6, 6.07) is 2.98. The highest BCUT2D eigenvalue weighted by Crippen LogP contribution is 1.98. The number of carboxylic acids is 1. The van der Waals surface area contributed by atoms with E-state index in [0.717, 1.165) is 4.90 Å². The molecule has 2 N–H and O–H groups in total. The van der Waals surface area contributed by atoms with Crippen LogP contribution in [0.25, 0.3) is 0 Å². The second-order valence-corrected chi connectivity index (χ2v) is 2.99. The van der Waals surface area contributed by atoms with Gasteiger partial charge in [-0.25, -0.2) is 4.79 Å². The first-order chi connectivity index (χ1) is 7.09. The van der Waals surface area contributed by atoms with Crippen molar-refractivity contribution in [1.82, 2.24) is 10.2 Å². The second kappa shape index (κ2) is 5.04. The number of amides is 2. The number of nitrogens with zero attached hydrogens (tertiary/aromatic N) is 1. The van der Waals surface area contributed by atoms with Crippen LogP contribution >= 0.6 is 0 Å². The number of urea groups is 1. The topological polar surface area (TPSA) is 82.8 Å². The molecular weight excluding hydrogens is 200 g/mol. The molecule has 82 valence electrons. The molecule has 0 aliphatic heterocycles. The molecule has 6 heteroatoms. The molecule has 0 saturated carbocycles. The number of carbonyl (C=O) groups is 2. The summed E-state index contributed by atoms with van der Waals surface area (Å²) in [4.78, 5) is 22.7. The van der Waals surface area contributed by atoms with Gasteiger partial charge in [-0.1, -0.05) is 0 Å². The van der Waals surface area contributed by atoms with Gasteiger partial charge in [-0.2, -0.15) is 0 Å². The predicted molar refractivity (Wildman–Crippen MR) is 51.2 cm³/mol. The zero-order valence-corrected chi connectivity index (χ0v) is 8.27. The molecule has 1 rings (SSSR count). The Morgan fingerprint density at radius 3 is 2.87 bits per heavy atom. The average molecular weight is 212 g/mol. The van der Waals surface area contributed by atoms with Crippen molar-refractivity contribution in [2.45, 2.75) is 6.54 Å². The first-order valence-corrected chi connectivity index (χ1v) is 4.32. The number of likely N-dealkylation sites (N-methyl/N-ethyl adjacent to an activating group) is 1. The van der Waals surface area contributed by atoms with E-state index in [1.165, 1.54) is 13.3 Å². The first kappa shape index (κ1) is 11.1. The minimum atomic E-state index is -1.05. The van der Waals surface area contributed by atoms with Crippen LogP contribution in [0.15, 0.2) is 22.8 Å². The fourth-order valence-electron chi connectivity index (χ4n) is 0.986. The van der Waals surface area contributed by atoms with E-state index in [9.17, 15) is 9.59 Å². The molecule has 0 aliphatic rings. The highest BCUT2D eigenvalue weighted by molar-refractivity contribution is 5.79. The SMILES string of the molecule is CN(CC(=O)O)C(=O)NCc1ccco1. The van der Waals surface area contributed by atoms with Crippen LogP contribution in [0.3, 0.4) is 0 Å². The summed E-state index contributed by atoms with van der Waals surface area (Å²) in [6.07, 6.45) is 1.50. The summed E-state index contributed by atoms with van der Waals surface area (Å²) in [5.74, 6) is -0.433. The van der Waals surface area contributed by atoms with Crippen LogP contribution in [0, 0.1) is 0 Å². The fraction of sp³-hybridized carbons (Fsp3) is 0.333. The standard InChI is InChI=1S/C9H12N2O4/c1-11(6-8(12)13)9(14)10-5-7-3-2-4-15-7/h2-4H,5-6H2,1H3,(H,10,14)(H,12,13). The Morgan fingerprint density at radius 1 is 1.60 bits per heavy atom. The molecule has 0 spiro atoms. The number of carbonyl (C=O) groups excluding carboxylic acids is 1. The molecule has 0 aliphatic carbocycles. The molecular formula is C9H12N2O4. The summed E-state index contributed by atoms with van der Waals surface area (Å²) in [5.41, 5.74) is 0. The molecule has 2 amide bonds. The molecule has 15 heavy (non-hydrogen) atoms. The Bertz CT molecular complexity index is 334. The molecule has 1 aromatic heterocycles. The lowest BCUT2D eigenvalue weighted by Gasteiger charge is -2.14. The van der Waals surface area contributed by atoms with Crippen LogP contribution in [-0.4, -0.2) is 35.6 Å². The molecule has 0 aromatic carbocycles. The van der Waals surface area contributed by atoms with Gasteiger partial charge in [-0.3, -0.25) is 4.79 Å². The number of nitrogens with one attached hydrogen (secondary N) is 1. The van der Waals surface area contributed by atoms with Gasteiger partial charge in [0.25, 0.3) is 0 Å². The summed E-state index contributed by atoms with van der Waals surface area (Å²) >= 11 is 0. The van der Waals surface area contributed by atoms with E-state index in [0.29, 0.717) is 5.76 Å². The number of hydrogen-bond acceptors (Lipinski definition) is 3. The van der Waals surface area contributed by atoms with Crippen molar-refractivity contribution >= 4 is 12.0 Å².